The minimum absolute atomic E-state index is 0.0974. The van der Waals surface area contributed by atoms with Crippen molar-refractivity contribution in [3.8, 4) is 0 Å². The number of nitrogens with zero attached hydrogens (tertiary/aromatic N) is 1. The highest BCUT2D eigenvalue weighted by Crippen LogP contribution is 2.36. The predicted molar refractivity (Wildman–Crippen MR) is 81.4 cm³/mol. The first-order valence-corrected chi connectivity index (χ1v) is 8.03. The molecule has 3 heteroatoms. The molecule has 1 aliphatic heterocycles. The number of nitrogens with two attached hydrogens (primary N) is 1. The van der Waals surface area contributed by atoms with Crippen molar-refractivity contribution in [1.82, 2.24) is 0 Å². The molecule has 0 spiro atoms. The van der Waals surface area contributed by atoms with Crippen LogP contribution in [-0.2, 0) is 5.54 Å². The monoisotopic (exact) mass is 276 g/mol. The smallest absolute Gasteiger partial charge is 0.146 e. The minimum atomic E-state index is -0.306. The topological polar surface area (TPSA) is 29.3 Å². The molecule has 1 aliphatic carbocycles. The molecule has 1 saturated carbocycles. The van der Waals surface area contributed by atoms with Gasteiger partial charge in [0.1, 0.15) is 5.82 Å². The number of hydrogen-bond donors (Lipinski definition) is 1. The van der Waals surface area contributed by atoms with Crippen LogP contribution < -0.4 is 10.6 Å². The fourth-order valence-electron chi connectivity index (χ4n) is 3.68. The maximum absolute atomic E-state index is 14.5. The number of rotatable bonds is 2. The van der Waals surface area contributed by atoms with Gasteiger partial charge in [-0.25, -0.2) is 4.39 Å². The fourth-order valence-corrected chi connectivity index (χ4v) is 3.68. The summed E-state index contributed by atoms with van der Waals surface area (Å²) < 4.78 is 14.5. The van der Waals surface area contributed by atoms with Crippen LogP contribution in [0.3, 0.4) is 0 Å². The van der Waals surface area contributed by atoms with E-state index in [9.17, 15) is 4.39 Å². The summed E-state index contributed by atoms with van der Waals surface area (Å²) in [6, 6.07) is 5.69. The molecule has 0 amide bonds. The molecule has 0 radical (unpaired) electrons. The third-order valence-electron chi connectivity index (χ3n) is 4.97. The van der Waals surface area contributed by atoms with Crippen LogP contribution in [0.2, 0.25) is 0 Å². The molecule has 0 unspecified atom stereocenters. The van der Waals surface area contributed by atoms with Gasteiger partial charge >= 0.3 is 0 Å². The Hall–Kier alpha value is -1.09. The second kappa shape index (κ2) is 5.72. The molecule has 1 saturated heterocycles. The second-order valence-corrected chi connectivity index (χ2v) is 6.43. The number of halogens is 1. The lowest BCUT2D eigenvalue weighted by Crippen LogP contribution is -2.38. The third-order valence-corrected chi connectivity index (χ3v) is 4.97. The van der Waals surface area contributed by atoms with Gasteiger partial charge in [-0.3, -0.25) is 0 Å². The van der Waals surface area contributed by atoms with Crippen LogP contribution in [0, 0.1) is 5.82 Å². The van der Waals surface area contributed by atoms with Gasteiger partial charge in [0.05, 0.1) is 5.69 Å². The van der Waals surface area contributed by atoms with Crippen molar-refractivity contribution in [2.75, 3.05) is 18.0 Å². The zero-order valence-corrected chi connectivity index (χ0v) is 12.2. The lowest BCUT2D eigenvalue weighted by molar-refractivity contribution is 0.301. The zero-order chi connectivity index (χ0) is 14.0. The van der Waals surface area contributed by atoms with Crippen molar-refractivity contribution < 1.29 is 4.39 Å². The molecule has 2 aliphatic rings. The lowest BCUT2D eigenvalue weighted by Gasteiger charge is -2.35. The average Bonchev–Trinajstić information content (AvgIpc) is 2.49. The molecule has 0 aromatic heterocycles. The van der Waals surface area contributed by atoms with Crippen molar-refractivity contribution in [2.24, 2.45) is 5.73 Å². The van der Waals surface area contributed by atoms with E-state index in [2.05, 4.69) is 11.0 Å². The maximum atomic E-state index is 14.5. The summed E-state index contributed by atoms with van der Waals surface area (Å²) >= 11 is 0. The van der Waals surface area contributed by atoms with E-state index < -0.39 is 0 Å². The zero-order valence-electron chi connectivity index (χ0n) is 12.2. The first-order valence-electron chi connectivity index (χ1n) is 8.03. The van der Waals surface area contributed by atoms with E-state index in [0.29, 0.717) is 0 Å². The molecule has 1 aromatic rings. The Morgan fingerprint density at radius 1 is 0.950 bits per heavy atom. The van der Waals surface area contributed by atoms with Crippen molar-refractivity contribution >= 4 is 5.69 Å². The van der Waals surface area contributed by atoms with Crippen molar-refractivity contribution in [3.63, 3.8) is 0 Å². The van der Waals surface area contributed by atoms with Crippen molar-refractivity contribution in [3.05, 3.63) is 29.6 Å². The molecule has 110 valence electrons. The molecule has 2 nitrogen and oxygen atoms in total. The molecule has 3 rings (SSSR count). The lowest BCUT2D eigenvalue weighted by atomic mass is 9.77. The van der Waals surface area contributed by atoms with Crippen LogP contribution in [0.5, 0.6) is 0 Å². The Kier molecular flexibility index (Phi) is 3.97. The minimum Gasteiger partial charge on any atom is -0.369 e. The van der Waals surface area contributed by atoms with Crippen molar-refractivity contribution in [2.45, 2.75) is 56.9 Å². The number of anilines is 1. The van der Waals surface area contributed by atoms with Crippen molar-refractivity contribution in [1.29, 1.82) is 0 Å². The molecule has 20 heavy (non-hydrogen) atoms. The highest BCUT2D eigenvalue weighted by molar-refractivity contribution is 5.50. The van der Waals surface area contributed by atoms with Gasteiger partial charge in [-0.15, -0.1) is 0 Å². The number of hydrogen-bond acceptors (Lipinski definition) is 2. The maximum Gasteiger partial charge on any atom is 0.146 e. The highest BCUT2D eigenvalue weighted by Gasteiger charge is 2.30. The van der Waals surface area contributed by atoms with E-state index >= 15 is 0 Å². The van der Waals surface area contributed by atoms with Gasteiger partial charge in [0.2, 0.25) is 0 Å². The van der Waals surface area contributed by atoms with E-state index in [-0.39, 0.29) is 11.4 Å². The summed E-state index contributed by atoms with van der Waals surface area (Å²) in [4.78, 5) is 2.17. The Labute approximate surface area is 121 Å². The van der Waals surface area contributed by atoms with E-state index in [4.69, 9.17) is 5.73 Å². The van der Waals surface area contributed by atoms with Crippen LogP contribution >= 0.6 is 0 Å². The largest absolute Gasteiger partial charge is 0.369 e. The first-order chi connectivity index (χ1) is 9.69. The quantitative estimate of drug-likeness (QED) is 0.886. The van der Waals surface area contributed by atoms with Gasteiger partial charge in [-0.1, -0.05) is 25.3 Å². The Morgan fingerprint density at radius 3 is 2.25 bits per heavy atom. The molecule has 0 bridgehead atoms. The van der Waals surface area contributed by atoms with Crippen LogP contribution in [0.4, 0.5) is 10.1 Å². The summed E-state index contributed by atoms with van der Waals surface area (Å²) in [5.74, 6) is -0.0974. The molecule has 2 fully saturated rings. The fraction of sp³-hybridized carbons (Fsp3) is 0.647. The molecule has 0 atom stereocenters. The Bertz CT molecular complexity index is 460. The van der Waals surface area contributed by atoms with Gasteiger partial charge in [0, 0.05) is 18.6 Å². The van der Waals surface area contributed by atoms with Crippen LogP contribution in [0.1, 0.15) is 56.9 Å². The molecular formula is C17H25FN2. The van der Waals surface area contributed by atoms with Gasteiger partial charge in [-0.2, -0.15) is 0 Å². The van der Waals surface area contributed by atoms with Gasteiger partial charge in [-0.05, 0) is 49.8 Å². The van der Waals surface area contributed by atoms with E-state index in [1.165, 1.54) is 25.7 Å². The highest BCUT2D eigenvalue weighted by atomic mass is 19.1. The molecule has 1 aromatic carbocycles. The Morgan fingerprint density at radius 2 is 1.60 bits per heavy atom. The summed E-state index contributed by atoms with van der Waals surface area (Å²) in [7, 11) is 0. The predicted octanol–water partition coefficient (Wildman–Crippen LogP) is 3.93. The van der Waals surface area contributed by atoms with Gasteiger partial charge in [0.15, 0.2) is 0 Å². The summed E-state index contributed by atoms with van der Waals surface area (Å²) in [5, 5.41) is 0. The van der Waals surface area contributed by atoms with Crippen LogP contribution in [0.25, 0.3) is 0 Å². The standard InChI is InChI=1S/C17H25FN2/c18-15-13-14(17(19)9-3-1-4-10-17)7-8-16(15)20-11-5-2-6-12-20/h7-8,13H,1-6,9-12,19H2. The number of benzene rings is 1. The van der Waals surface area contributed by atoms with Crippen LogP contribution in [-0.4, -0.2) is 13.1 Å². The van der Waals surface area contributed by atoms with Gasteiger partial charge < -0.3 is 10.6 Å². The SMILES string of the molecule is NC1(c2ccc(N3CCCCC3)c(F)c2)CCCCC1. The second-order valence-electron chi connectivity index (χ2n) is 6.43. The summed E-state index contributed by atoms with van der Waals surface area (Å²) in [6.07, 6.45) is 9.14. The normalized spacial score (nSPS) is 22.8. The van der Waals surface area contributed by atoms with Gasteiger partial charge in [0.25, 0.3) is 0 Å². The number of piperidine rings is 1. The Balaban J connectivity index is 1.83. The van der Waals surface area contributed by atoms with E-state index in [0.717, 1.165) is 50.0 Å². The van der Waals surface area contributed by atoms with E-state index in [1.54, 1.807) is 6.07 Å². The first kappa shape index (κ1) is 13.9. The molecule has 1 heterocycles. The van der Waals surface area contributed by atoms with E-state index in [1.807, 2.05) is 6.07 Å². The molecule has 2 N–H and O–H groups in total. The van der Waals surface area contributed by atoms with Crippen LogP contribution in [0.15, 0.2) is 18.2 Å². The molecular weight excluding hydrogens is 251 g/mol. The average molecular weight is 276 g/mol. The third kappa shape index (κ3) is 2.69. The summed E-state index contributed by atoms with van der Waals surface area (Å²) in [6.45, 7) is 1.95. The summed E-state index contributed by atoms with van der Waals surface area (Å²) in [5.41, 5.74) is 7.93.